The lowest BCUT2D eigenvalue weighted by Gasteiger charge is -1.89. The summed E-state index contributed by atoms with van der Waals surface area (Å²) in [4.78, 5) is 4.13. The summed E-state index contributed by atoms with van der Waals surface area (Å²) in [5, 5.41) is 3.73. The molecular formula is C8H12N2O. The summed E-state index contributed by atoms with van der Waals surface area (Å²) in [6.45, 7) is 1.85. The van der Waals surface area contributed by atoms with Gasteiger partial charge in [0.1, 0.15) is 0 Å². The smallest absolute Gasteiger partial charge is 0.226 e. The summed E-state index contributed by atoms with van der Waals surface area (Å²) in [5.74, 6) is 2.49. The Labute approximate surface area is 65.8 Å². The van der Waals surface area contributed by atoms with Crippen LogP contribution in [-0.4, -0.2) is 10.1 Å². The van der Waals surface area contributed by atoms with Crippen LogP contribution in [0, 0.1) is 12.8 Å². The van der Waals surface area contributed by atoms with Crippen LogP contribution in [0.4, 0.5) is 0 Å². The Hall–Kier alpha value is -0.860. The van der Waals surface area contributed by atoms with Gasteiger partial charge >= 0.3 is 0 Å². The molecule has 1 aromatic rings. The zero-order valence-electron chi connectivity index (χ0n) is 6.71. The molecule has 1 fully saturated rings. The number of hydrogen-bond donors (Lipinski definition) is 0. The zero-order valence-corrected chi connectivity index (χ0v) is 6.71. The van der Waals surface area contributed by atoms with E-state index in [2.05, 4.69) is 10.1 Å². The maximum Gasteiger partial charge on any atom is 0.226 e. The Bertz CT molecular complexity index is 240. The zero-order chi connectivity index (χ0) is 7.68. The molecule has 1 aliphatic carbocycles. The van der Waals surface area contributed by atoms with Gasteiger partial charge in [-0.1, -0.05) is 18.0 Å². The highest BCUT2D eigenvalue weighted by Crippen LogP contribution is 2.33. The Morgan fingerprint density at radius 3 is 2.91 bits per heavy atom. The average molecular weight is 152 g/mol. The standard InChI is InChI=1S/C8H12N2O/c1-6-9-8(11-10-6)5-4-7-2-3-7/h7H,2-5H2,1H3. The van der Waals surface area contributed by atoms with Crippen LogP contribution in [0.25, 0.3) is 0 Å². The van der Waals surface area contributed by atoms with Crippen molar-refractivity contribution >= 4 is 0 Å². The molecule has 3 heteroatoms. The van der Waals surface area contributed by atoms with Crippen molar-refractivity contribution in [1.82, 2.24) is 10.1 Å². The van der Waals surface area contributed by atoms with Crippen molar-refractivity contribution in [3.8, 4) is 0 Å². The van der Waals surface area contributed by atoms with E-state index >= 15 is 0 Å². The SMILES string of the molecule is Cc1noc(CCC2CC2)n1. The van der Waals surface area contributed by atoms with E-state index in [0.717, 1.165) is 24.1 Å². The third-order valence-electron chi connectivity index (χ3n) is 2.03. The van der Waals surface area contributed by atoms with Gasteiger partial charge in [-0.2, -0.15) is 4.98 Å². The topological polar surface area (TPSA) is 38.9 Å². The van der Waals surface area contributed by atoms with Crippen molar-refractivity contribution in [2.45, 2.75) is 32.6 Å². The molecule has 0 bridgehead atoms. The van der Waals surface area contributed by atoms with E-state index in [1.807, 2.05) is 6.92 Å². The highest BCUT2D eigenvalue weighted by atomic mass is 16.5. The maximum absolute atomic E-state index is 4.98. The first-order valence-corrected chi connectivity index (χ1v) is 4.14. The number of hydrogen-bond acceptors (Lipinski definition) is 3. The van der Waals surface area contributed by atoms with E-state index < -0.39 is 0 Å². The number of aryl methyl sites for hydroxylation is 2. The number of nitrogens with zero attached hydrogens (tertiary/aromatic N) is 2. The van der Waals surface area contributed by atoms with Gasteiger partial charge < -0.3 is 4.52 Å². The van der Waals surface area contributed by atoms with Crippen LogP contribution in [0.5, 0.6) is 0 Å². The van der Waals surface area contributed by atoms with E-state index in [1.54, 1.807) is 0 Å². The van der Waals surface area contributed by atoms with Gasteiger partial charge in [0.2, 0.25) is 5.89 Å². The largest absolute Gasteiger partial charge is 0.339 e. The predicted molar refractivity (Wildman–Crippen MR) is 40.1 cm³/mol. The first kappa shape index (κ1) is 6.83. The highest BCUT2D eigenvalue weighted by Gasteiger charge is 2.21. The van der Waals surface area contributed by atoms with Crippen LogP contribution >= 0.6 is 0 Å². The molecule has 1 aromatic heterocycles. The lowest BCUT2D eigenvalue weighted by Crippen LogP contribution is -1.86. The number of rotatable bonds is 3. The minimum atomic E-state index is 0.746. The molecule has 0 N–H and O–H groups in total. The summed E-state index contributed by atoms with van der Waals surface area (Å²) in [6.07, 6.45) is 4.98. The van der Waals surface area contributed by atoms with Crippen molar-refractivity contribution in [2.75, 3.05) is 0 Å². The fourth-order valence-electron chi connectivity index (χ4n) is 1.18. The van der Waals surface area contributed by atoms with Crippen LogP contribution in [-0.2, 0) is 6.42 Å². The molecule has 2 rings (SSSR count). The summed E-state index contributed by atoms with van der Waals surface area (Å²) in [7, 11) is 0. The second-order valence-corrected chi connectivity index (χ2v) is 3.22. The average Bonchev–Trinajstić information content (AvgIpc) is 2.72. The van der Waals surface area contributed by atoms with E-state index in [0.29, 0.717) is 0 Å². The Morgan fingerprint density at radius 2 is 2.36 bits per heavy atom. The van der Waals surface area contributed by atoms with Crippen LogP contribution in [0.15, 0.2) is 4.52 Å². The first-order chi connectivity index (χ1) is 5.34. The van der Waals surface area contributed by atoms with Gasteiger partial charge in [-0.05, 0) is 19.3 Å². The van der Waals surface area contributed by atoms with Gasteiger partial charge in [0.25, 0.3) is 0 Å². The molecule has 3 nitrogen and oxygen atoms in total. The predicted octanol–water partition coefficient (Wildman–Crippen LogP) is 1.72. The van der Waals surface area contributed by atoms with Crippen molar-refractivity contribution < 1.29 is 4.52 Å². The molecule has 0 spiro atoms. The Morgan fingerprint density at radius 1 is 1.55 bits per heavy atom. The molecule has 0 amide bonds. The van der Waals surface area contributed by atoms with E-state index in [9.17, 15) is 0 Å². The molecule has 0 unspecified atom stereocenters. The van der Waals surface area contributed by atoms with E-state index in [-0.39, 0.29) is 0 Å². The molecule has 1 saturated carbocycles. The van der Waals surface area contributed by atoms with Gasteiger partial charge in [-0.25, -0.2) is 0 Å². The fourth-order valence-corrected chi connectivity index (χ4v) is 1.18. The minimum absolute atomic E-state index is 0.746. The third kappa shape index (κ3) is 1.79. The van der Waals surface area contributed by atoms with Gasteiger partial charge in [0.15, 0.2) is 5.82 Å². The molecule has 60 valence electrons. The van der Waals surface area contributed by atoms with E-state index in [4.69, 9.17) is 4.52 Å². The molecule has 0 radical (unpaired) electrons. The summed E-state index contributed by atoms with van der Waals surface area (Å²) < 4.78 is 4.98. The lowest BCUT2D eigenvalue weighted by molar-refractivity contribution is 0.369. The van der Waals surface area contributed by atoms with Crippen molar-refractivity contribution in [3.05, 3.63) is 11.7 Å². The van der Waals surface area contributed by atoms with Gasteiger partial charge in [-0.3, -0.25) is 0 Å². The second kappa shape index (κ2) is 2.64. The summed E-state index contributed by atoms with van der Waals surface area (Å²) >= 11 is 0. The summed E-state index contributed by atoms with van der Waals surface area (Å²) in [5.41, 5.74) is 0. The van der Waals surface area contributed by atoms with Gasteiger partial charge in [0, 0.05) is 6.42 Å². The normalized spacial score (nSPS) is 17.2. The second-order valence-electron chi connectivity index (χ2n) is 3.22. The summed E-state index contributed by atoms with van der Waals surface area (Å²) in [6, 6.07) is 0. The van der Waals surface area contributed by atoms with Crippen LogP contribution in [0.2, 0.25) is 0 Å². The highest BCUT2D eigenvalue weighted by molar-refractivity contribution is 4.85. The first-order valence-electron chi connectivity index (χ1n) is 4.14. The molecule has 1 aliphatic rings. The van der Waals surface area contributed by atoms with Crippen molar-refractivity contribution in [2.24, 2.45) is 5.92 Å². The van der Waals surface area contributed by atoms with Crippen LogP contribution < -0.4 is 0 Å². The molecule has 11 heavy (non-hydrogen) atoms. The van der Waals surface area contributed by atoms with E-state index in [1.165, 1.54) is 19.3 Å². The molecule has 0 aromatic carbocycles. The molecule has 0 aliphatic heterocycles. The van der Waals surface area contributed by atoms with Crippen molar-refractivity contribution in [1.29, 1.82) is 0 Å². The fraction of sp³-hybridized carbons (Fsp3) is 0.750. The number of aromatic nitrogens is 2. The molecular weight excluding hydrogens is 140 g/mol. The molecule has 0 atom stereocenters. The van der Waals surface area contributed by atoms with Crippen LogP contribution in [0.1, 0.15) is 31.0 Å². The third-order valence-corrected chi connectivity index (χ3v) is 2.03. The van der Waals surface area contributed by atoms with Gasteiger partial charge in [0.05, 0.1) is 0 Å². The molecule has 0 saturated heterocycles. The maximum atomic E-state index is 4.98. The minimum Gasteiger partial charge on any atom is -0.339 e. The molecule has 1 heterocycles. The monoisotopic (exact) mass is 152 g/mol. The van der Waals surface area contributed by atoms with Crippen LogP contribution in [0.3, 0.4) is 0 Å². The lowest BCUT2D eigenvalue weighted by atomic mass is 10.2. The Balaban J connectivity index is 1.85. The van der Waals surface area contributed by atoms with Gasteiger partial charge in [-0.15, -0.1) is 0 Å². The van der Waals surface area contributed by atoms with Crippen molar-refractivity contribution in [3.63, 3.8) is 0 Å². The quantitative estimate of drug-likeness (QED) is 0.662. The Kier molecular flexibility index (Phi) is 1.64.